The van der Waals surface area contributed by atoms with E-state index in [0.29, 0.717) is 5.03 Å². The van der Waals surface area contributed by atoms with Crippen LogP contribution in [0.25, 0.3) is 0 Å². The summed E-state index contributed by atoms with van der Waals surface area (Å²) < 4.78 is 12.2. The summed E-state index contributed by atoms with van der Waals surface area (Å²) in [5.41, 5.74) is 0.779. The van der Waals surface area contributed by atoms with Crippen molar-refractivity contribution in [1.29, 1.82) is 0 Å². The molecular weight excluding hydrogens is 210 g/mol. The van der Waals surface area contributed by atoms with Gasteiger partial charge < -0.3 is 5.32 Å². The van der Waals surface area contributed by atoms with Gasteiger partial charge in [0.25, 0.3) is 0 Å². The Bertz CT molecular complexity index is 363. The number of nitrogens with zero attached hydrogens (tertiary/aromatic N) is 2. The van der Waals surface area contributed by atoms with Gasteiger partial charge in [0.1, 0.15) is 5.03 Å². The van der Waals surface area contributed by atoms with Crippen LogP contribution < -0.4 is 5.32 Å². The molecule has 82 valence electrons. The Balaban J connectivity index is 2.16. The van der Waals surface area contributed by atoms with Gasteiger partial charge in [0, 0.05) is 18.9 Å². The van der Waals surface area contributed by atoms with Crippen molar-refractivity contribution in [2.75, 3.05) is 13.1 Å². The number of aromatic nitrogens is 2. The number of nitrogens with one attached hydrogen (secondary N) is 1. The van der Waals surface area contributed by atoms with Crippen LogP contribution >= 0.6 is 0 Å². The topological polar surface area (TPSA) is 54.9 Å². The van der Waals surface area contributed by atoms with E-state index in [2.05, 4.69) is 15.3 Å². The molecule has 15 heavy (non-hydrogen) atoms. The normalized spacial score (nSPS) is 23.7. The molecule has 0 bridgehead atoms. The highest BCUT2D eigenvalue weighted by Crippen LogP contribution is 2.16. The fourth-order valence-corrected chi connectivity index (χ4v) is 3.23. The molecule has 0 unspecified atom stereocenters. The Morgan fingerprint density at radius 2 is 2.27 bits per heavy atom. The maximum Gasteiger partial charge on any atom is 0.148 e. The maximum atomic E-state index is 12.2. The molecule has 0 saturated carbocycles. The third-order valence-corrected chi connectivity index (χ3v) is 4.37. The molecule has 2 rings (SSSR count). The molecule has 1 fully saturated rings. The molecule has 1 aliphatic heterocycles. The first-order valence-electron chi connectivity index (χ1n) is 5.18. The van der Waals surface area contributed by atoms with Crippen LogP contribution in [0.3, 0.4) is 0 Å². The molecule has 1 aromatic rings. The molecule has 0 spiro atoms. The number of hydrogen-bond donors (Lipinski definition) is 1. The summed E-state index contributed by atoms with van der Waals surface area (Å²) in [5.74, 6) is 0. The van der Waals surface area contributed by atoms with Crippen LogP contribution in [0, 0.1) is 6.92 Å². The monoisotopic (exact) mass is 225 g/mol. The molecule has 0 radical (unpaired) electrons. The lowest BCUT2D eigenvalue weighted by molar-refractivity contribution is 0.518. The summed E-state index contributed by atoms with van der Waals surface area (Å²) >= 11 is 0. The fourth-order valence-electron chi connectivity index (χ4n) is 1.75. The molecule has 0 amide bonds. The van der Waals surface area contributed by atoms with Gasteiger partial charge >= 0.3 is 0 Å². The second-order valence-electron chi connectivity index (χ2n) is 3.71. The Kier molecular flexibility index (Phi) is 3.43. The molecule has 0 aliphatic carbocycles. The highest BCUT2D eigenvalue weighted by molar-refractivity contribution is 7.85. The summed E-state index contributed by atoms with van der Waals surface area (Å²) in [6, 6.07) is 0. The molecule has 5 heteroatoms. The van der Waals surface area contributed by atoms with Crippen LogP contribution in [0.1, 0.15) is 18.5 Å². The van der Waals surface area contributed by atoms with Crippen LogP contribution in [0.5, 0.6) is 0 Å². The van der Waals surface area contributed by atoms with Crippen LogP contribution in [-0.2, 0) is 10.8 Å². The van der Waals surface area contributed by atoms with E-state index in [1.165, 1.54) is 0 Å². The van der Waals surface area contributed by atoms with Crippen LogP contribution in [0.2, 0.25) is 0 Å². The highest BCUT2D eigenvalue weighted by atomic mass is 32.2. The van der Waals surface area contributed by atoms with Gasteiger partial charge in [0.05, 0.1) is 21.7 Å². The molecule has 1 aliphatic rings. The zero-order chi connectivity index (χ0) is 10.7. The molecule has 1 aromatic heterocycles. The van der Waals surface area contributed by atoms with Crippen molar-refractivity contribution in [1.82, 2.24) is 15.3 Å². The Morgan fingerprint density at radius 1 is 1.47 bits per heavy atom. The smallest absolute Gasteiger partial charge is 0.148 e. The lowest BCUT2D eigenvalue weighted by Crippen LogP contribution is -2.36. The standard InChI is InChI=1S/C10H15N3OS/c1-8-10(13-6-5-12-8)15(14)9-3-2-4-11-7-9/h5-6,9,11H,2-4,7H2,1H3/t9-,15+/m1/s1. The first kappa shape index (κ1) is 10.7. The van der Waals surface area contributed by atoms with E-state index in [-0.39, 0.29) is 5.25 Å². The third kappa shape index (κ3) is 2.41. The summed E-state index contributed by atoms with van der Waals surface area (Å²) in [4.78, 5) is 8.28. The minimum Gasteiger partial charge on any atom is -0.316 e. The average molecular weight is 225 g/mol. The highest BCUT2D eigenvalue weighted by Gasteiger charge is 2.23. The van der Waals surface area contributed by atoms with E-state index in [1.807, 2.05) is 6.92 Å². The van der Waals surface area contributed by atoms with Gasteiger partial charge in [-0.05, 0) is 26.3 Å². The van der Waals surface area contributed by atoms with Gasteiger partial charge in [-0.1, -0.05) is 0 Å². The van der Waals surface area contributed by atoms with Gasteiger partial charge in [-0.3, -0.25) is 9.19 Å². The number of piperidine rings is 1. The molecule has 2 heterocycles. The first-order chi connectivity index (χ1) is 7.29. The molecule has 1 saturated heterocycles. The van der Waals surface area contributed by atoms with Crippen LogP contribution in [-0.4, -0.2) is 32.5 Å². The molecule has 2 atom stereocenters. The molecule has 4 nitrogen and oxygen atoms in total. The predicted octanol–water partition coefficient (Wildman–Crippen LogP) is 0.645. The van der Waals surface area contributed by atoms with E-state index in [1.54, 1.807) is 12.4 Å². The van der Waals surface area contributed by atoms with Crippen LogP contribution in [0.15, 0.2) is 17.4 Å². The van der Waals surface area contributed by atoms with Crippen molar-refractivity contribution < 1.29 is 4.21 Å². The molecule has 1 N–H and O–H groups in total. The minimum absolute atomic E-state index is 0.189. The fraction of sp³-hybridized carbons (Fsp3) is 0.600. The van der Waals surface area contributed by atoms with Gasteiger partial charge in [-0.25, -0.2) is 4.98 Å². The van der Waals surface area contributed by atoms with Gasteiger partial charge in [0.2, 0.25) is 0 Å². The predicted molar refractivity (Wildman–Crippen MR) is 59.1 cm³/mol. The third-order valence-electron chi connectivity index (χ3n) is 2.58. The Labute approximate surface area is 92.0 Å². The van der Waals surface area contributed by atoms with E-state index in [9.17, 15) is 4.21 Å². The lowest BCUT2D eigenvalue weighted by atomic mass is 10.2. The SMILES string of the molecule is Cc1nccnc1[S@@](=O)[C@@H]1CCCNC1. The van der Waals surface area contributed by atoms with E-state index < -0.39 is 10.8 Å². The number of rotatable bonds is 2. The summed E-state index contributed by atoms with van der Waals surface area (Å²) in [5, 5.41) is 4.10. The Hall–Kier alpha value is -0.810. The van der Waals surface area contributed by atoms with E-state index in [4.69, 9.17) is 0 Å². The van der Waals surface area contributed by atoms with E-state index in [0.717, 1.165) is 31.6 Å². The zero-order valence-corrected chi connectivity index (χ0v) is 9.59. The van der Waals surface area contributed by atoms with Crippen molar-refractivity contribution in [3.63, 3.8) is 0 Å². The largest absolute Gasteiger partial charge is 0.316 e. The number of aryl methyl sites for hydroxylation is 1. The van der Waals surface area contributed by atoms with Gasteiger partial charge in [0.15, 0.2) is 0 Å². The maximum absolute atomic E-state index is 12.2. The van der Waals surface area contributed by atoms with Crippen molar-refractivity contribution >= 4 is 10.8 Å². The minimum atomic E-state index is -1.02. The van der Waals surface area contributed by atoms with Crippen molar-refractivity contribution in [3.05, 3.63) is 18.1 Å². The van der Waals surface area contributed by atoms with Crippen molar-refractivity contribution in [3.8, 4) is 0 Å². The quantitative estimate of drug-likeness (QED) is 0.802. The van der Waals surface area contributed by atoms with Gasteiger partial charge in [-0.2, -0.15) is 0 Å². The van der Waals surface area contributed by atoms with Crippen molar-refractivity contribution in [2.45, 2.75) is 30.0 Å². The Morgan fingerprint density at radius 3 is 2.93 bits per heavy atom. The summed E-state index contributed by atoms with van der Waals surface area (Å²) in [6.07, 6.45) is 5.34. The lowest BCUT2D eigenvalue weighted by Gasteiger charge is -2.21. The van der Waals surface area contributed by atoms with Crippen LogP contribution in [0.4, 0.5) is 0 Å². The first-order valence-corrected chi connectivity index (χ1v) is 6.39. The molecular formula is C10H15N3OS. The average Bonchev–Trinajstić information content (AvgIpc) is 2.30. The van der Waals surface area contributed by atoms with Crippen molar-refractivity contribution in [2.24, 2.45) is 0 Å². The zero-order valence-electron chi connectivity index (χ0n) is 8.77. The van der Waals surface area contributed by atoms with Gasteiger partial charge in [-0.15, -0.1) is 0 Å². The van der Waals surface area contributed by atoms with E-state index >= 15 is 0 Å². The summed E-state index contributed by atoms with van der Waals surface area (Å²) in [7, 11) is -1.02. The molecule has 0 aromatic carbocycles. The second-order valence-corrected chi connectivity index (χ2v) is 5.36. The number of hydrogen-bond acceptors (Lipinski definition) is 4. The second kappa shape index (κ2) is 4.81. The summed E-state index contributed by atoms with van der Waals surface area (Å²) in [6.45, 7) is 3.71.